The predicted octanol–water partition coefficient (Wildman–Crippen LogP) is 2.82. The van der Waals surface area contributed by atoms with Gasteiger partial charge in [0.2, 0.25) is 0 Å². The molecule has 1 aromatic carbocycles. The maximum atomic E-state index is 12.1. The number of nitrogens with zero attached hydrogens (tertiary/aromatic N) is 1. The zero-order chi connectivity index (χ0) is 15.2. The molecule has 0 spiro atoms. The van der Waals surface area contributed by atoms with Gasteiger partial charge in [-0.2, -0.15) is 0 Å². The monoisotopic (exact) mass is 284 g/mol. The molecule has 5 heteroatoms. The van der Waals surface area contributed by atoms with Crippen LogP contribution in [0.4, 0.5) is 5.69 Å². The highest BCUT2D eigenvalue weighted by atomic mass is 16.5. The quantitative estimate of drug-likeness (QED) is 0.877. The van der Waals surface area contributed by atoms with E-state index in [-0.39, 0.29) is 11.9 Å². The van der Waals surface area contributed by atoms with Gasteiger partial charge in [0.05, 0.1) is 12.2 Å². The molecule has 0 aliphatic rings. The Labute approximate surface area is 123 Å². The number of rotatable bonds is 4. The molecule has 0 unspecified atom stereocenters. The topological polar surface area (TPSA) is 68.3 Å². The number of nitrogens with one attached hydrogen (secondary N) is 1. The van der Waals surface area contributed by atoms with Crippen molar-refractivity contribution in [3.8, 4) is 0 Å². The summed E-state index contributed by atoms with van der Waals surface area (Å²) in [6, 6.07) is 10.1. The fourth-order valence-corrected chi connectivity index (χ4v) is 1.82. The molecule has 108 valence electrons. The Morgan fingerprint density at radius 3 is 2.52 bits per heavy atom. The van der Waals surface area contributed by atoms with Crippen LogP contribution in [-0.2, 0) is 4.74 Å². The number of amides is 1. The summed E-state index contributed by atoms with van der Waals surface area (Å²) in [5.74, 6) is -0.659. The van der Waals surface area contributed by atoms with Gasteiger partial charge < -0.3 is 10.1 Å². The largest absolute Gasteiger partial charge is 0.462 e. The highest BCUT2D eigenvalue weighted by Gasteiger charge is 2.11. The molecule has 0 aliphatic heterocycles. The molecular weight excluding hydrogens is 268 g/mol. The molecule has 5 nitrogen and oxygen atoms in total. The Bertz CT molecular complexity index is 651. The van der Waals surface area contributed by atoms with Gasteiger partial charge in [0.25, 0.3) is 5.91 Å². The number of ether oxygens (including phenoxy) is 1. The van der Waals surface area contributed by atoms with E-state index in [1.54, 1.807) is 43.5 Å². The van der Waals surface area contributed by atoms with Gasteiger partial charge >= 0.3 is 5.97 Å². The first kappa shape index (κ1) is 14.7. The first-order valence-corrected chi connectivity index (χ1v) is 6.62. The lowest BCUT2D eigenvalue weighted by Crippen LogP contribution is -2.15. The average Bonchev–Trinajstić information content (AvgIpc) is 2.48. The lowest BCUT2D eigenvalue weighted by Gasteiger charge is -2.07. The van der Waals surface area contributed by atoms with E-state index in [4.69, 9.17) is 4.74 Å². The van der Waals surface area contributed by atoms with Crippen LogP contribution in [0.15, 0.2) is 42.6 Å². The first-order chi connectivity index (χ1) is 10.1. The predicted molar refractivity (Wildman–Crippen MR) is 79.3 cm³/mol. The molecule has 0 aliphatic carbocycles. The van der Waals surface area contributed by atoms with Crippen molar-refractivity contribution in [3.05, 3.63) is 59.4 Å². The Morgan fingerprint density at radius 1 is 1.19 bits per heavy atom. The highest BCUT2D eigenvalue weighted by Crippen LogP contribution is 2.13. The third kappa shape index (κ3) is 3.66. The molecule has 0 atom stereocenters. The summed E-state index contributed by atoms with van der Waals surface area (Å²) in [5.41, 5.74) is 2.23. The van der Waals surface area contributed by atoms with Crippen molar-refractivity contribution in [1.29, 1.82) is 0 Å². The van der Waals surface area contributed by atoms with Crippen LogP contribution in [-0.4, -0.2) is 23.5 Å². The number of carbonyl (C=O) groups excluding carboxylic acids is 2. The highest BCUT2D eigenvalue weighted by molar-refractivity contribution is 6.04. The summed E-state index contributed by atoms with van der Waals surface area (Å²) in [5, 5.41) is 2.74. The van der Waals surface area contributed by atoms with Crippen LogP contribution in [0.2, 0.25) is 0 Å². The smallest absolute Gasteiger partial charge is 0.338 e. The van der Waals surface area contributed by atoms with Crippen molar-refractivity contribution >= 4 is 17.6 Å². The lowest BCUT2D eigenvalue weighted by atomic mass is 10.2. The zero-order valence-corrected chi connectivity index (χ0v) is 11.9. The number of hydrogen-bond donors (Lipinski definition) is 1. The molecule has 2 aromatic rings. The Kier molecular flexibility index (Phi) is 4.66. The summed E-state index contributed by atoms with van der Waals surface area (Å²) < 4.78 is 4.90. The SMILES string of the molecule is CCOC(=O)c1ccc(NC(=O)c2ncccc2C)cc1. The minimum absolute atomic E-state index is 0.281. The van der Waals surface area contributed by atoms with Gasteiger partial charge in [-0.05, 0) is 49.7 Å². The number of hydrogen-bond acceptors (Lipinski definition) is 4. The Hall–Kier alpha value is -2.69. The molecule has 1 aromatic heterocycles. The second-order valence-corrected chi connectivity index (χ2v) is 4.42. The normalized spacial score (nSPS) is 10.0. The van der Waals surface area contributed by atoms with Gasteiger partial charge in [0, 0.05) is 11.9 Å². The van der Waals surface area contributed by atoms with E-state index in [0.717, 1.165) is 5.56 Å². The summed E-state index contributed by atoms with van der Waals surface area (Å²) in [7, 11) is 0. The number of carbonyl (C=O) groups is 2. The number of pyridine rings is 1. The van der Waals surface area contributed by atoms with Crippen molar-refractivity contribution in [3.63, 3.8) is 0 Å². The van der Waals surface area contributed by atoms with Gasteiger partial charge in [-0.25, -0.2) is 4.79 Å². The van der Waals surface area contributed by atoms with Gasteiger partial charge in [0.15, 0.2) is 0 Å². The molecule has 2 rings (SSSR count). The molecule has 1 N–H and O–H groups in total. The van der Waals surface area contributed by atoms with Gasteiger partial charge in [-0.1, -0.05) is 6.07 Å². The molecule has 21 heavy (non-hydrogen) atoms. The van der Waals surface area contributed by atoms with Crippen molar-refractivity contribution in [1.82, 2.24) is 4.98 Å². The number of aromatic nitrogens is 1. The molecule has 1 heterocycles. The third-order valence-electron chi connectivity index (χ3n) is 2.88. The van der Waals surface area contributed by atoms with Crippen molar-refractivity contribution in [2.75, 3.05) is 11.9 Å². The fourth-order valence-electron chi connectivity index (χ4n) is 1.82. The number of anilines is 1. The molecule has 0 saturated carbocycles. The minimum Gasteiger partial charge on any atom is -0.462 e. The fraction of sp³-hybridized carbons (Fsp3) is 0.188. The average molecular weight is 284 g/mol. The molecule has 0 radical (unpaired) electrons. The van der Waals surface area contributed by atoms with Crippen molar-refractivity contribution in [2.24, 2.45) is 0 Å². The van der Waals surface area contributed by atoms with E-state index < -0.39 is 0 Å². The van der Waals surface area contributed by atoms with Crippen molar-refractivity contribution < 1.29 is 14.3 Å². The van der Waals surface area contributed by atoms with Crippen LogP contribution in [0, 0.1) is 6.92 Å². The maximum Gasteiger partial charge on any atom is 0.338 e. The molecule has 0 saturated heterocycles. The van der Waals surface area contributed by atoms with Crippen LogP contribution in [0.3, 0.4) is 0 Å². The standard InChI is InChI=1S/C16H16N2O3/c1-3-21-16(20)12-6-8-13(9-7-12)18-15(19)14-11(2)5-4-10-17-14/h4-10H,3H2,1-2H3,(H,18,19). The summed E-state index contributed by atoms with van der Waals surface area (Å²) in [6.45, 7) is 3.91. The first-order valence-electron chi connectivity index (χ1n) is 6.62. The summed E-state index contributed by atoms with van der Waals surface area (Å²) in [6.07, 6.45) is 1.58. The summed E-state index contributed by atoms with van der Waals surface area (Å²) in [4.78, 5) is 27.7. The van der Waals surface area contributed by atoms with E-state index >= 15 is 0 Å². The van der Waals surface area contributed by atoms with Gasteiger partial charge in [-0.3, -0.25) is 9.78 Å². The Balaban J connectivity index is 2.09. The van der Waals surface area contributed by atoms with Crippen LogP contribution in [0.1, 0.15) is 33.3 Å². The zero-order valence-electron chi connectivity index (χ0n) is 11.9. The summed E-state index contributed by atoms with van der Waals surface area (Å²) >= 11 is 0. The van der Waals surface area contributed by atoms with Crippen molar-refractivity contribution in [2.45, 2.75) is 13.8 Å². The number of benzene rings is 1. The molecule has 0 fully saturated rings. The van der Waals surface area contributed by atoms with Gasteiger partial charge in [0.1, 0.15) is 5.69 Å². The van der Waals surface area contributed by atoms with Crippen LogP contribution in [0.5, 0.6) is 0 Å². The third-order valence-corrected chi connectivity index (χ3v) is 2.88. The van der Waals surface area contributed by atoms with E-state index in [9.17, 15) is 9.59 Å². The van der Waals surface area contributed by atoms with Gasteiger partial charge in [-0.15, -0.1) is 0 Å². The maximum absolute atomic E-state index is 12.1. The van der Waals surface area contributed by atoms with E-state index in [2.05, 4.69) is 10.3 Å². The van der Waals surface area contributed by atoms with E-state index in [0.29, 0.717) is 23.6 Å². The van der Waals surface area contributed by atoms with E-state index in [1.807, 2.05) is 13.0 Å². The minimum atomic E-state index is -0.379. The second-order valence-electron chi connectivity index (χ2n) is 4.42. The molecular formula is C16H16N2O3. The molecule has 0 bridgehead atoms. The van der Waals surface area contributed by atoms with E-state index in [1.165, 1.54) is 0 Å². The second kappa shape index (κ2) is 6.65. The van der Waals surface area contributed by atoms with Crippen LogP contribution >= 0.6 is 0 Å². The number of aryl methyl sites for hydroxylation is 1. The molecule has 1 amide bonds. The Morgan fingerprint density at radius 2 is 1.90 bits per heavy atom. The number of esters is 1. The van der Waals surface area contributed by atoms with Crippen LogP contribution in [0.25, 0.3) is 0 Å². The van der Waals surface area contributed by atoms with Crippen LogP contribution < -0.4 is 5.32 Å². The lowest BCUT2D eigenvalue weighted by molar-refractivity contribution is 0.0526.